The third-order valence-corrected chi connectivity index (χ3v) is 4.59. The first-order chi connectivity index (χ1) is 8.24. The maximum Gasteiger partial charge on any atom is 0.266 e. The Balaban J connectivity index is 1.93. The van der Waals surface area contributed by atoms with E-state index in [1.165, 1.54) is 38.5 Å². The van der Waals surface area contributed by atoms with Crippen molar-refractivity contribution in [3.8, 4) is 0 Å². The molecular weight excluding hydrogens is 329 g/mol. The molecule has 92 valence electrons. The number of H-pyrrole nitrogens is 1. The van der Waals surface area contributed by atoms with E-state index in [1.807, 2.05) is 0 Å². The second-order valence-corrected chi connectivity index (χ2v) is 6.09. The highest BCUT2D eigenvalue weighted by Gasteiger charge is 2.25. The smallest absolute Gasteiger partial charge is 0.266 e. The number of halogens is 1. The quantitative estimate of drug-likeness (QED) is 0.828. The molecule has 17 heavy (non-hydrogen) atoms. The molecule has 0 atom stereocenters. The number of rotatable bonds is 3. The number of hydrogen-bond acceptors (Lipinski definition) is 3. The number of anilines is 1. The zero-order valence-electron chi connectivity index (χ0n) is 9.63. The predicted octanol–water partition coefficient (Wildman–Crippen LogP) is 2.61. The molecule has 2 aliphatic rings. The summed E-state index contributed by atoms with van der Waals surface area (Å²) in [5.74, 6) is 1.16. The van der Waals surface area contributed by atoms with E-state index < -0.39 is 0 Å². The standard InChI is InChI=1S/C12H16IN3O/c13-9-10(7-3-1-2-4-7)15-12(16-11(9)17)14-8-5-6-8/h7-8H,1-6H2,(H2,14,15,16,17). The molecule has 2 N–H and O–H groups in total. The van der Waals surface area contributed by atoms with Crippen molar-refractivity contribution in [3.63, 3.8) is 0 Å². The molecule has 0 spiro atoms. The van der Waals surface area contributed by atoms with E-state index in [-0.39, 0.29) is 5.56 Å². The Kier molecular flexibility index (Phi) is 3.10. The van der Waals surface area contributed by atoms with Gasteiger partial charge in [-0.3, -0.25) is 9.78 Å². The van der Waals surface area contributed by atoms with Gasteiger partial charge in [0, 0.05) is 12.0 Å². The van der Waals surface area contributed by atoms with Crippen molar-refractivity contribution in [1.29, 1.82) is 0 Å². The highest BCUT2D eigenvalue weighted by Crippen LogP contribution is 2.34. The van der Waals surface area contributed by atoms with Gasteiger partial charge in [-0.15, -0.1) is 0 Å². The number of nitrogens with zero attached hydrogens (tertiary/aromatic N) is 1. The molecule has 1 heterocycles. The van der Waals surface area contributed by atoms with Gasteiger partial charge in [0.05, 0.1) is 5.69 Å². The fraction of sp³-hybridized carbons (Fsp3) is 0.667. The second-order valence-electron chi connectivity index (χ2n) is 5.01. The lowest BCUT2D eigenvalue weighted by atomic mass is 10.0. The fourth-order valence-electron chi connectivity index (χ4n) is 2.44. The van der Waals surface area contributed by atoms with Gasteiger partial charge in [0.1, 0.15) is 3.57 Å². The first-order valence-electron chi connectivity index (χ1n) is 6.30. The van der Waals surface area contributed by atoms with E-state index >= 15 is 0 Å². The van der Waals surface area contributed by atoms with Crippen molar-refractivity contribution in [2.24, 2.45) is 0 Å². The maximum atomic E-state index is 11.9. The monoisotopic (exact) mass is 345 g/mol. The van der Waals surface area contributed by atoms with Crippen LogP contribution >= 0.6 is 22.6 Å². The van der Waals surface area contributed by atoms with Gasteiger partial charge in [-0.05, 0) is 48.3 Å². The summed E-state index contributed by atoms with van der Waals surface area (Å²) in [7, 11) is 0. The van der Waals surface area contributed by atoms with E-state index in [0.717, 1.165) is 9.26 Å². The van der Waals surface area contributed by atoms with E-state index in [1.54, 1.807) is 0 Å². The maximum absolute atomic E-state index is 11.9. The Hall–Kier alpha value is -0.590. The normalized spacial score (nSPS) is 20.8. The minimum atomic E-state index is 0.00523. The summed E-state index contributed by atoms with van der Waals surface area (Å²) >= 11 is 2.13. The zero-order chi connectivity index (χ0) is 11.8. The molecule has 1 aromatic rings. The van der Waals surface area contributed by atoms with Crippen LogP contribution in [0.4, 0.5) is 5.95 Å². The molecular formula is C12H16IN3O. The Morgan fingerprint density at radius 3 is 2.59 bits per heavy atom. The molecule has 0 amide bonds. The molecule has 1 aromatic heterocycles. The molecule has 0 radical (unpaired) electrons. The van der Waals surface area contributed by atoms with Gasteiger partial charge < -0.3 is 5.32 Å². The lowest BCUT2D eigenvalue weighted by Crippen LogP contribution is -2.20. The predicted molar refractivity (Wildman–Crippen MR) is 75.4 cm³/mol. The molecule has 0 bridgehead atoms. The van der Waals surface area contributed by atoms with Crippen molar-refractivity contribution in [3.05, 3.63) is 19.6 Å². The average molecular weight is 345 g/mol. The van der Waals surface area contributed by atoms with Crippen molar-refractivity contribution >= 4 is 28.5 Å². The van der Waals surface area contributed by atoms with Crippen molar-refractivity contribution in [2.75, 3.05) is 5.32 Å². The summed E-state index contributed by atoms with van der Waals surface area (Å²) in [6, 6.07) is 0.523. The highest BCUT2D eigenvalue weighted by atomic mass is 127. The number of aromatic nitrogens is 2. The Labute approximate surface area is 114 Å². The van der Waals surface area contributed by atoms with E-state index in [0.29, 0.717) is 17.9 Å². The van der Waals surface area contributed by atoms with Gasteiger partial charge in [-0.25, -0.2) is 4.98 Å². The van der Waals surface area contributed by atoms with E-state index in [4.69, 9.17) is 0 Å². The van der Waals surface area contributed by atoms with Crippen LogP contribution in [0.15, 0.2) is 4.79 Å². The first kappa shape index (κ1) is 11.5. The highest BCUT2D eigenvalue weighted by molar-refractivity contribution is 14.1. The van der Waals surface area contributed by atoms with Crippen LogP contribution in [0.1, 0.15) is 50.1 Å². The van der Waals surface area contributed by atoms with Crippen LogP contribution in [-0.4, -0.2) is 16.0 Å². The number of hydrogen-bond donors (Lipinski definition) is 2. The van der Waals surface area contributed by atoms with Crippen LogP contribution in [0, 0.1) is 3.57 Å². The molecule has 2 fully saturated rings. The van der Waals surface area contributed by atoms with Crippen LogP contribution in [0.2, 0.25) is 0 Å². The van der Waals surface area contributed by atoms with Crippen LogP contribution in [0.5, 0.6) is 0 Å². The van der Waals surface area contributed by atoms with Gasteiger partial charge in [0.2, 0.25) is 5.95 Å². The molecule has 3 rings (SSSR count). The summed E-state index contributed by atoms with van der Waals surface area (Å²) < 4.78 is 0.774. The Morgan fingerprint density at radius 1 is 1.24 bits per heavy atom. The lowest BCUT2D eigenvalue weighted by molar-refractivity contribution is 0.686. The molecule has 0 aromatic carbocycles. The lowest BCUT2D eigenvalue weighted by Gasteiger charge is -2.12. The van der Waals surface area contributed by atoms with Crippen LogP contribution < -0.4 is 10.9 Å². The van der Waals surface area contributed by atoms with Crippen LogP contribution in [0.25, 0.3) is 0 Å². The van der Waals surface area contributed by atoms with Crippen molar-refractivity contribution in [2.45, 2.75) is 50.5 Å². The van der Waals surface area contributed by atoms with Crippen molar-refractivity contribution in [1.82, 2.24) is 9.97 Å². The summed E-state index contributed by atoms with van der Waals surface area (Å²) in [4.78, 5) is 19.3. The summed E-state index contributed by atoms with van der Waals surface area (Å²) in [6.45, 7) is 0. The zero-order valence-corrected chi connectivity index (χ0v) is 11.8. The fourth-order valence-corrected chi connectivity index (χ4v) is 3.13. The molecule has 2 saturated carbocycles. The molecule has 2 aliphatic carbocycles. The minimum absolute atomic E-state index is 0.00523. The Morgan fingerprint density at radius 2 is 1.94 bits per heavy atom. The van der Waals surface area contributed by atoms with E-state index in [2.05, 4.69) is 37.9 Å². The summed E-state index contributed by atoms with van der Waals surface area (Å²) in [5, 5.41) is 3.28. The average Bonchev–Trinajstić information content (AvgIpc) is 2.95. The third-order valence-electron chi connectivity index (χ3n) is 3.55. The second kappa shape index (κ2) is 4.59. The van der Waals surface area contributed by atoms with Crippen LogP contribution in [-0.2, 0) is 0 Å². The molecule has 4 nitrogen and oxygen atoms in total. The molecule has 0 aliphatic heterocycles. The SMILES string of the molecule is O=c1[nH]c(NC2CC2)nc(C2CCCC2)c1I. The van der Waals surface area contributed by atoms with Crippen molar-refractivity contribution < 1.29 is 0 Å². The largest absolute Gasteiger partial charge is 0.353 e. The summed E-state index contributed by atoms with van der Waals surface area (Å²) in [5.41, 5.74) is 1.01. The first-order valence-corrected chi connectivity index (χ1v) is 7.38. The van der Waals surface area contributed by atoms with E-state index in [9.17, 15) is 4.79 Å². The topological polar surface area (TPSA) is 57.8 Å². The van der Waals surface area contributed by atoms with Gasteiger partial charge in [0.15, 0.2) is 0 Å². The van der Waals surface area contributed by atoms with Gasteiger partial charge in [-0.1, -0.05) is 12.8 Å². The van der Waals surface area contributed by atoms with Gasteiger partial charge in [-0.2, -0.15) is 0 Å². The number of aromatic amines is 1. The molecule has 5 heteroatoms. The Bertz CT molecular complexity index is 475. The summed E-state index contributed by atoms with van der Waals surface area (Å²) in [6.07, 6.45) is 7.26. The number of nitrogens with one attached hydrogen (secondary N) is 2. The molecule has 0 saturated heterocycles. The van der Waals surface area contributed by atoms with Gasteiger partial charge >= 0.3 is 0 Å². The van der Waals surface area contributed by atoms with Crippen LogP contribution in [0.3, 0.4) is 0 Å². The minimum Gasteiger partial charge on any atom is -0.353 e. The molecule has 0 unspecified atom stereocenters. The third kappa shape index (κ3) is 2.48. The van der Waals surface area contributed by atoms with Gasteiger partial charge in [0.25, 0.3) is 5.56 Å².